The number of pyridine rings is 1. The molecule has 1 saturated carbocycles. The van der Waals surface area contributed by atoms with Crippen LogP contribution in [0.25, 0.3) is 11.0 Å². The Morgan fingerprint density at radius 2 is 1.95 bits per heavy atom. The molecule has 4 nitrogen and oxygen atoms in total. The van der Waals surface area contributed by atoms with E-state index in [2.05, 4.69) is 21.5 Å². The first-order valence-electron chi connectivity index (χ1n) is 7.30. The van der Waals surface area contributed by atoms with E-state index in [0.29, 0.717) is 6.04 Å². The van der Waals surface area contributed by atoms with Crippen molar-refractivity contribution in [3.8, 4) is 0 Å². The lowest BCUT2D eigenvalue weighted by Gasteiger charge is -2.17. The Labute approximate surface area is 114 Å². The molecule has 4 heteroatoms. The predicted molar refractivity (Wildman–Crippen MR) is 78.4 cm³/mol. The molecule has 0 bridgehead atoms. The van der Waals surface area contributed by atoms with Crippen LogP contribution in [0.4, 0.5) is 5.69 Å². The highest BCUT2D eigenvalue weighted by molar-refractivity contribution is 5.81. The first-order chi connectivity index (χ1) is 9.24. The van der Waals surface area contributed by atoms with Crippen molar-refractivity contribution in [3.05, 3.63) is 18.0 Å². The third-order valence-corrected chi connectivity index (χ3v) is 4.09. The van der Waals surface area contributed by atoms with Gasteiger partial charge in [0.2, 0.25) is 0 Å². The third-order valence-electron chi connectivity index (χ3n) is 4.09. The number of aromatic nitrogens is 3. The molecule has 1 aliphatic carbocycles. The normalized spacial score (nSPS) is 17.6. The molecule has 1 fully saturated rings. The van der Waals surface area contributed by atoms with E-state index in [9.17, 15) is 0 Å². The average Bonchev–Trinajstić information content (AvgIpc) is 2.60. The first-order valence-corrected chi connectivity index (χ1v) is 7.30. The van der Waals surface area contributed by atoms with Crippen molar-refractivity contribution >= 4 is 16.7 Å². The molecule has 102 valence electrons. The smallest absolute Gasteiger partial charge is 0.157 e. The summed E-state index contributed by atoms with van der Waals surface area (Å²) in [6, 6.07) is 2.80. The van der Waals surface area contributed by atoms with E-state index >= 15 is 0 Å². The van der Waals surface area contributed by atoms with Gasteiger partial charge in [0.05, 0.1) is 17.6 Å². The van der Waals surface area contributed by atoms with Gasteiger partial charge < -0.3 is 5.32 Å². The van der Waals surface area contributed by atoms with Crippen LogP contribution in [0.5, 0.6) is 0 Å². The number of anilines is 1. The molecule has 19 heavy (non-hydrogen) atoms. The quantitative estimate of drug-likeness (QED) is 0.839. The molecule has 1 N–H and O–H groups in total. The van der Waals surface area contributed by atoms with Gasteiger partial charge in [0.15, 0.2) is 5.65 Å². The molecule has 2 aromatic rings. The summed E-state index contributed by atoms with van der Waals surface area (Å²) in [5.41, 5.74) is 3.15. The van der Waals surface area contributed by atoms with Gasteiger partial charge in [0, 0.05) is 18.5 Å². The van der Waals surface area contributed by atoms with E-state index in [1.54, 1.807) is 0 Å². The van der Waals surface area contributed by atoms with Crippen molar-refractivity contribution in [1.29, 1.82) is 0 Å². The lowest BCUT2D eigenvalue weighted by molar-refractivity contribution is 0.620. The fourth-order valence-electron chi connectivity index (χ4n) is 3.05. The zero-order valence-corrected chi connectivity index (χ0v) is 11.8. The highest BCUT2D eigenvalue weighted by Gasteiger charge is 2.13. The third kappa shape index (κ3) is 2.57. The SMILES string of the molecule is Cc1nn(C)c2ncc(NC3CCCCCC3)cc12. The second-order valence-corrected chi connectivity index (χ2v) is 5.64. The van der Waals surface area contributed by atoms with E-state index in [1.165, 1.54) is 38.5 Å². The van der Waals surface area contributed by atoms with Gasteiger partial charge in [-0.15, -0.1) is 0 Å². The van der Waals surface area contributed by atoms with Crippen LogP contribution in [0.3, 0.4) is 0 Å². The molecular weight excluding hydrogens is 236 g/mol. The highest BCUT2D eigenvalue weighted by Crippen LogP contribution is 2.23. The van der Waals surface area contributed by atoms with Crippen LogP contribution in [0.2, 0.25) is 0 Å². The van der Waals surface area contributed by atoms with Crippen molar-refractivity contribution in [3.63, 3.8) is 0 Å². The molecule has 0 aliphatic heterocycles. The van der Waals surface area contributed by atoms with Crippen LogP contribution in [-0.4, -0.2) is 20.8 Å². The number of aryl methyl sites for hydroxylation is 2. The summed E-state index contributed by atoms with van der Waals surface area (Å²) >= 11 is 0. The monoisotopic (exact) mass is 258 g/mol. The molecule has 3 rings (SSSR count). The van der Waals surface area contributed by atoms with Gasteiger partial charge in [-0.3, -0.25) is 4.68 Å². The molecule has 0 aromatic carbocycles. The average molecular weight is 258 g/mol. The highest BCUT2D eigenvalue weighted by atomic mass is 15.3. The van der Waals surface area contributed by atoms with Gasteiger partial charge in [-0.2, -0.15) is 5.10 Å². The summed E-state index contributed by atoms with van der Waals surface area (Å²) in [5.74, 6) is 0. The summed E-state index contributed by atoms with van der Waals surface area (Å²) in [5, 5.41) is 9.22. The summed E-state index contributed by atoms with van der Waals surface area (Å²) < 4.78 is 1.85. The van der Waals surface area contributed by atoms with E-state index in [1.807, 2.05) is 24.9 Å². The Balaban J connectivity index is 1.82. The van der Waals surface area contributed by atoms with Gasteiger partial charge in [-0.1, -0.05) is 25.7 Å². The Bertz CT molecular complexity index is 565. The van der Waals surface area contributed by atoms with Crippen molar-refractivity contribution < 1.29 is 0 Å². The topological polar surface area (TPSA) is 42.7 Å². The van der Waals surface area contributed by atoms with Crippen LogP contribution >= 0.6 is 0 Å². The van der Waals surface area contributed by atoms with Gasteiger partial charge in [0.25, 0.3) is 0 Å². The Morgan fingerprint density at radius 1 is 1.21 bits per heavy atom. The van der Waals surface area contributed by atoms with Crippen molar-refractivity contribution in [2.75, 3.05) is 5.32 Å². The summed E-state index contributed by atoms with van der Waals surface area (Å²) in [6.07, 6.45) is 9.97. The zero-order chi connectivity index (χ0) is 13.2. The van der Waals surface area contributed by atoms with Gasteiger partial charge >= 0.3 is 0 Å². The lowest BCUT2D eigenvalue weighted by atomic mass is 10.1. The maximum absolute atomic E-state index is 4.53. The number of hydrogen-bond acceptors (Lipinski definition) is 3. The number of fused-ring (bicyclic) bond motifs is 1. The summed E-state index contributed by atoms with van der Waals surface area (Å²) in [4.78, 5) is 4.53. The van der Waals surface area contributed by atoms with Crippen molar-refractivity contribution in [1.82, 2.24) is 14.8 Å². The van der Waals surface area contributed by atoms with Crippen LogP contribution in [-0.2, 0) is 7.05 Å². The minimum atomic E-state index is 0.610. The van der Waals surface area contributed by atoms with E-state index < -0.39 is 0 Å². The Hall–Kier alpha value is -1.58. The minimum Gasteiger partial charge on any atom is -0.381 e. The van der Waals surface area contributed by atoms with E-state index in [4.69, 9.17) is 0 Å². The molecule has 0 unspecified atom stereocenters. The number of hydrogen-bond donors (Lipinski definition) is 1. The minimum absolute atomic E-state index is 0.610. The fourth-order valence-corrected chi connectivity index (χ4v) is 3.05. The number of nitrogens with zero attached hydrogens (tertiary/aromatic N) is 3. The van der Waals surface area contributed by atoms with Crippen LogP contribution < -0.4 is 5.32 Å². The molecule has 2 aromatic heterocycles. The predicted octanol–water partition coefficient (Wildman–Crippen LogP) is 3.41. The van der Waals surface area contributed by atoms with Crippen molar-refractivity contribution in [2.45, 2.75) is 51.5 Å². The van der Waals surface area contributed by atoms with Crippen LogP contribution in [0, 0.1) is 6.92 Å². The summed E-state index contributed by atoms with van der Waals surface area (Å²) in [6.45, 7) is 2.04. The fraction of sp³-hybridized carbons (Fsp3) is 0.600. The zero-order valence-electron chi connectivity index (χ0n) is 11.8. The molecule has 1 aliphatic rings. The van der Waals surface area contributed by atoms with E-state index in [0.717, 1.165) is 22.4 Å². The first kappa shape index (κ1) is 12.5. The molecule has 0 atom stereocenters. The Morgan fingerprint density at radius 3 is 2.68 bits per heavy atom. The summed E-state index contributed by atoms with van der Waals surface area (Å²) in [7, 11) is 1.95. The number of rotatable bonds is 2. The molecule has 0 amide bonds. The van der Waals surface area contributed by atoms with Gasteiger partial charge in [-0.25, -0.2) is 4.98 Å². The maximum Gasteiger partial charge on any atom is 0.157 e. The molecule has 0 saturated heterocycles. The largest absolute Gasteiger partial charge is 0.381 e. The van der Waals surface area contributed by atoms with Gasteiger partial charge in [-0.05, 0) is 25.8 Å². The molecule has 2 heterocycles. The van der Waals surface area contributed by atoms with E-state index in [-0.39, 0.29) is 0 Å². The standard InChI is InChI=1S/C15H22N4/c1-11-14-9-13(10-16-15(14)19(2)18-11)17-12-7-5-3-4-6-8-12/h9-10,12,17H,3-8H2,1-2H3. The maximum atomic E-state index is 4.53. The molecular formula is C15H22N4. The lowest BCUT2D eigenvalue weighted by Crippen LogP contribution is -2.18. The second-order valence-electron chi connectivity index (χ2n) is 5.64. The van der Waals surface area contributed by atoms with Gasteiger partial charge in [0.1, 0.15) is 0 Å². The van der Waals surface area contributed by atoms with Crippen LogP contribution in [0.1, 0.15) is 44.2 Å². The number of nitrogens with one attached hydrogen (secondary N) is 1. The van der Waals surface area contributed by atoms with Crippen LogP contribution in [0.15, 0.2) is 12.3 Å². The second kappa shape index (κ2) is 5.19. The molecule has 0 radical (unpaired) electrons. The Kier molecular flexibility index (Phi) is 3.40. The van der Waals surface area contributed by atoms with Crippen molar-refractivity contribution in [2.24, 2.45) is 7.05 Å². The molecule has 0 spiro atoms.